The second-order valence-electron chi connectivity index (χ2n) is 5.94. The highest BCUT2D eigenvalue weighted by molar-refractivity contribution is 7.92. The summed E-state index contributed by atoms with van der Waals surface area (Å²) in [5, 5.41) is 10.7. The molecule has 0 aliphatic carbocycles. The molecule has 3 aromatic rings. The summed E-state index contributed by atoms with van der Waals surface area (Å²) < 4.78 is 32.4. The van der Waals surface area contributed by atoms with Crippen LogP contribution in [0.1, 0.15) is 11.3 Å². The van der Waals surface area contributed by atoms with E-state index >= 15 is 0 Å². The first kappa shape index (κ1) is 20.1. The van der Waals surface area contributed by atoms with Gasteiger partial charge in [0.05, 0.1) is 10.6 Å². The fourth-order valence-electron chi connectivity index (χ4n) is 2.27. The van der Waals surface area contributed by atoms with Crippen LogP contribution in [0.3, 0.4) is 0 Å². The minimum Gasteiger partial charge on any atom is -0.337 e. The number of sulfonamides is 1. The first-order valence-corrected chi connectivity index (χ1v) is 10.4. The summed E-state index contributed by atoms with van der Waals surface area (Å²) in [4.78, 5) is 0.0835. The Balaban J connectivity index is 1.67. The average molecular weight is 437 g/mol. The number of thiocarbonyl (C=S) groups is 1. The molecule has 0 fully saturated rings. The number of hydrogen-bond acceptors (Lipinski definition) is 5. The van der Waals surface area contributed by atoms with Crippen molar-refractivity contribution in [2.24, 2.45) is 0 Å². The average Bonchev–Trinajstić information content (AvgIpc) is 2.94. The lowest BCUT2D eigenvalue weighted by Crippen LogP contribution is -2.19. The van der Waals surface area contributed by atoms with E-state index in [-0.39, 0.29) is 10.8 Å². The van der Waals surface area contributed by atoms with Crippen LogP contribution in [0, 0.1) is 13.8 Å². The van der Waals surface area contributed by atoms with Gasteiger partial charge in [-0.05, 0) is 68.5 Å². The van der Waals surface area contributed by atoms with Gasteiger partial charge in [0, 0.05) is 22.0 Å². The zero-order valence-electron chi connectivity index (χ0n) is 15.0. The smallest absolute Gasteiger partial charge is 0.264 e. The minimum absolute atomic E-state index is 0.0835. The van der Waals surface area contributed by atoms with Crippen molar-refractivity contribution in [1.82, 2.24) is 5.16 Å². The van der Waals surface area contributed by atoms with Gasteiger partial charge in [0.25, 0.3) is 10.0 Å². The van der Waals surface area contributed by atoms with Gasteiger partial charge >= 0.3 is 0 Å². The van der Waals surface area contributed by atoms with Crippen molar-refractivity contribution in [2.45, 2.75) is 18.7 Å². The molecule has 0 aliphatic rings. The Morgan fingerprint density at radius 1 is 1.07 bits per heavy atom. The van der Waals surface area contributed by atoms with Crippen LogP contribution in [0.2, 0.25) is 5.02 Å². The molecule has 2 aromatic carbocycles. The van der Waals surface area contributed by atoms with E-state index in [0.717, 1.165) is 5.69 Å². The molecule has 28 heavy (non-hydrogen) atoms. The van der Waals surface area contributed by atoms with Crippen molar-refractivity contribution in [3.63, 3.8) is 0 Å². The van der Waals surface area contributed by atoms with E-state index < -0.39 is 10.0 Å². The van der Waals surface area contributed by atoms with Gasteiger partial charge in [-0.15, -0.1) is 0 Å². The Morgan fingerprint density at radius 3 is 2.36 bits per heavy atom. The molecule has 0 saturated heterocycles. The quantitative estimate of drug-likeness (QED) is 0.504. The molecule has 0 unspecified atom stereocenters. The van der Waals surface area contributed by atoms with Gasteiger partial charge in [0.15, 0.2) is 5.11 Å². The maximum absolute atomic E-state index is 12.5. The number of aromatic nitrogens is 1. The first-order chi connectivity index (χ1) is 13.2. The second-order valence-corrected chi connectivity index (χ2v) is 8.47. The standard InChI is InChI=1S/C18H17ClN4O3S2/c1-11-12(2)22-26-17(11)23-28(24,25)16-8-6-14(7-9-16)20-18(27)21-15-5-3-4-13(19)10-15/h3-10,23H,1-2H3,(H2,20,21,27). The zero-order valence-corrected chi connectivity index (χ0v) is 17.4. The summed E-state index contributed by atoms with van der Waals surface area (Å²) in [6.45, 7) is 3.46. The molecular weight excluding hydrogens is 420 g/mol. The molecule has 0 amide bonds. The highest BCUT2D eigenvalue weighted by Gasteiger charge is 2.19. The van der Waals surface area contributed by atoms with Crippen molar-refractivity contribution in [3.05, 3.63) is 64.8 Å². The van der Waals surface area contributed by atoms with E-state index in [1.54, 1.807) is 44.2 Å². The van der Waals surface area contributed by atoms with E-state index in [1.807, 2.05) is 6.07 Å². The number of aryl methyl sites for hydroxylation is 1. The van der Waals surface area contributed by atoms with Crippen molar-refractivity contribution < 1.29 is 12.9 Å². The molecule has 0 atom stereocenters. The number of hydrogen-bond donors (Lipinski definition) is 3. The van der Waals surface area contributed by atoms with Crippen molar-refractivity contribution in [1.29, 1.82) is 0 Å². The molecule has 0 bridgehead atoms. The van der Waals surface area contributed by atoms with E-state index in [0.29, 0.717) is 27.1 Å². The molecule has 1 aromatic heterocycles. The maximum atomic E-state index is 12.5. The number of halogens is 1. The summed E-state index contributed by atoms with van der Waals surface area (Å²) in [5.41, 5.74) is 2.63. The third-order valence-corrected chi connectivity index (χ3v) is 5.68. The molecule has 0 spiro atoms. The van der Waals surface area contributed by atoms with Gasteiger partial charge in [-0.2, -0.15) is 0 Å². The topological polar surface area (TPSA) is 96.3 Å². The molecule has 10 heteroatoms. The van der Waals surface area contributed by atoms with Crippen LogP contribution < -0.4 is 15.4 Å². The molecule has 3 N–H and O–H groups in total. The van der Waals surface area contributed by atoms with Crippen LogP contribution in [-0.2, 0) is 10.0 Å². The summed E-state index contributed by atoms with van der Waals surface area (Å²) in [7, 11) is -3.80. The molecule has 0 saturated carbocycles. The Morgan fingerprint density at radius 2 is 1.75 bits per heavy atom. The molecule has 7 nitrogen and oxygen atoms in total. The maximum Gasteiger partial charge on any atom is 0.264 e. The highest BCUT2D eigenvalue weighted by atomic mass is 35.5. The van der Waals surface area contributed by atoms with Crippen LogP contribution in [0.25, 0.3) is 0 Å². The monoisotopic (exact) mass is 436 g/mol. The van der Waals surface area contributed by atoms with Gasteiger partial charge < -0.3 is 15.2 Å². The van der Waals surface area contributed by atoms with Crippen LogP contribution in [0.15, 0.2) is 57.9 Å². The third-order valence-electron chi connectivity index (χ3n) is 3.89. The van der Waals surface area contributed by atoms with Crippen LogP contribution in [-0.4, -0.2) is 18.7 Å². The molecule has 0 radical (unpaired) electrons. The van der Waals surface area contributed by atoms with E-state index in [4.69, 9.17) is 28.3 Å². The first-order valence-electron chi connectivity index (χ1n) is 8.14. The summed E-state index contributed by atoms with van der Waals surface area (Å²) in [6.07, 6.45) is 0. The summed E-state index contributed by atoms with van der Waals surface area (Å²) >= 11 is 11.2. The molecule has 0 aliphatic heterocycles. The van der Waals surface area contributed by atoms with Gasteiger partial charge in [0.2, 0.25) is 5.88 Å². The number of nitrogens with one attached hydrogen (secondary N) is 3. The lowest BCUT2D eigenvalue weighted by Gasteiger charge is -2.11. The number of nitrogens with zero attached hydrogens (tertiary/aromatic N) is 1. The van der Waals surface area contributed by atoms with Crippen LogP contribution >= 0.6 is 23.8 Å². The van der Waals surface area contributed by atoms with Crippen LogP contribution in [0.5, 0.6) is 0 Å². The van der Waals surface area contributed by atoms with Gasteiger partial charge in [-0.25, -0.2) is 13.1 Å². The van der Waals surface area contributed by atoms with Gasteiger partial charge in [0.1, 0.15) is 0 Å². The highest BCUT2D eigenvalue weighted by Crippen LogP contribution is 2.23. The molecule has 3 rings (SSSR count). The minimum atomic E-state index is -3.80. The predicted molar refractivity (Wildman–Crippen MR) is 115 cm³/mol. The Bertz CT molecular complexity index is 1110. The van der Waals surface area contributed by atoms with Crippen molar-refractivity contribution in [2.75, 3.05) is 15.4 Å². The zero-order chi connectivity index (χ0) is 20.3. The van der Waals surface area contributed by atoms with E-state index in [1.165, 1.54) is 12.1 Å². The Kier molecular flexibility index (Phi) is 5.87. The van der Waals surface area contributed by atoms with Crippen molar-refractivity contribution in [3.8, 4) is 0 Å². The third kappa shape index (κ3) is 4.80. The SMILES string of the molecule is Cc1noc(NS(=O)(=O)c2ccc(NC(=S)Nc3cccc(Cl)c3)cc2)c1C. The van der Waals surface area contributed by atoms with E-state index in [2.05, 4.69) is 20.5 Å². The molecule has 146 valence electrons. The van der Waals surface area contributed by atoms with Crippen molar-refractivity contribution >= 4 is 56.2 Å². The van der Waals surface area contributed by atoms with Crippen LogP contribution in [0.4, 0.5) is 17.3 Å². The second kappa shape index (κ2) is 8.17. The lowest BCUT2D eigenvalue weighted by molar-refractivity contribution is 0.430. The number of benzene rings is 2. The van der Waals surface area contributed by atoms with Gasteiger partial charge in [-0.1, -0.05) is 22.8 Å². The molecular formula is C18H17ClN4O3S2. The summed E-state index contributed by atoms with van der Waals surface area (Å²) in [6, 6.07) is 13.3. The fraction of sp³-hybridized carbons (Fsp3) is 0.111. The number of anilines is 3. The fourth-order valence-corrected chi connectivity index (χ4v) is 3.74. The van der Waals surface area contributed by atoms with E-state index in [9.17, 15) is 8.42 Å². The number of rotatable bonds is 5. The molecule has 1 heterocycles. The Hall–Kier alpha value is -2.62. The normalized spacial score (nSPS) is 11.1. The largest absolute Gasteiger partial charge is 0.337 e. The predicted octanol–water partition coefficient (Wildman–Crippen LogP) is 4.55. The van der Waals surface area contributed by atoms with Gasteiger partial charge in [-0.3, -0.25) is 0 Å². The lowest BCUT2D eigenvalue weighted by atomic mass is 10.3. The summed E-state index contributed by atoms with van der Waals surface area (Å²) in [5.74, 6) is 0.103. The Labute approximate surface area is 173 Å².